The minimum Gasteiger partial charge on any atom is -0.394 e. The van der Waals surface area contributed by atoms with Gasteiger partial charge in [0.25, 0.3) is 0 Å². The fourth-order valence-corrected chi connectivity index (χ4v) is 2.67. The first-order valence-corrected chi connectivity index (χ1v) is 7.22. The highest BCUT2D eigenvalue weighted by atomic mass is 16.5. The quantitative estimate of drug-likeness (QED) is 0.417. The molecule has 0 amide bonds. The molecule has 0 bridgehead atoms. The van der Waals surface area contributed by atoms with Gasteiger partial charge in [-0.05, 0) is 12.5 Å². The number of nitrogens with two attached hydrogens (primary N) is 1. The molecule has 23 heavy (non-hydrogen) atoms. The molecule has 3 rings (SSSR count). The van der Waals surface area contributed by atoms with E-state index in [0.717, 1.165) is 0 Å². The number of fused-ring (bicyclic) bond motifs is 1. The van der Waals surface area contributed by atoms with Crippen molar-refractivity contribution in [3.63, 3.8) is 0 Å². The molecule has 11 heteroatoms. The topological polar surface area (TPSA) is 160 Å². The summed E-state index contributed by atoms with van der Waals surface area (Å²) in [5.41, 5.74) is 15.5. The average molecular weight is 319 g/mol. The van der Waals surface area contributed by atoms with Gasteiger partial charge in [-0.15, -0.1) is 0 Å². The molecule has 1 aliphatic heterocycles. The van der Waals surface area contributed by atoms with Crippen molar-refractivity contribution in [3.8, 4) is 0 Å². The van der Waals surface area contributed by atoms with Crippen LogP contribution in [-0.4, -0.2) is 49.9 Å². The number of rotatable bonds is 5. The van der Waals surface area contributed by atoms with Crippen LogP contribution < -0.4 is 11.1 Å². The van der Waals surface area contributed by atoms with E-state index in [-0.39, 0.29) is 12.6 Å². The number of imidazole rings is 1. The predicted octanol–water partition coefficient (Wildman–Crippen LogP) is 0.799. The lowest BCUT2D eigenvalue weighted by Crippen LogP contribution is -2.22. The molecule has 2 aromatic rings. The molecule has 0 aromatic carbocycles. The van der Waals surface area contributed by atoms with E-state index in [1.165, 1.54) is 0 Å². The maximum Gasteiger partial charge on any atom is 0.224 e. The second-order valence-corrected chi connectivity index (χ2v) is 5.10. The van der Waals surface area contributed by atoms with Gasteiger partial charge in [-0.25, -0.2) is 4.98 Å². The van der Waals surface area contributed by atoms with E-state index in [1.807, 2.05) is 6.92 Å². The Morgan fingerprint density at radius 3 is 3.13 bits per heavy atom. The SMILES string of the molecule is CCNc1nc(N)nc2c1ncn2[C@H]1C[C@H](N=[N+]=[N-])[C@@H](CO)O1. The zero-order chi connectivity index (χ0) is 16.4. The van der Waals surface area contributed by atoms with Crippen LogP contribution in [0, 0.1) is 0 Å². The fourth-order valence-electron chi connectivity index (χ4n) is 2.67. The standard InChI is InChI=1S/C12H17N9O2/c1-2-15-10-9-11(18-12(13)17-10)21(5-16-9)8-3-6(19-20-14)7(4-22)23-8/h5-8,22H,2-4H2,1H3,(H3,13,15,17,18)/t6-,7+,8+/m0/s1. The molecule has 0 spiro atoms. The third kappa shape index (κ3) is 2.72. The number of hydrogen-bond acceptors (Lipinski definition) is 8. The van der Waals surface area contributed by atoms with Crippen LogP contribution in [0.3, 0.4) is 0 Å². The minimum absolute atomic E-state index is 0.124. The number of ether oxygens (including phenoxy) is 1. The normalized spacial score (nSPS) is 23.8. The van der Waals surface area contributed by atoms with E-state index in [4.69, 9.17) is 16.0 Å². The summed E-state index contributed by atoms with van der Waals surface area (Å²) in [6.07, 6.45) is 0.996. The van der Waals surface area contributed by atoms with Gasteiger partial charge in [-0.1, -0.05) is 5.11 Å². The van der Waals surface area contributed by atoms with E-state index < -0.39 is 18.4 Å². The molecule has 1 saturated heterocycles. The van der Waals surface area contributed by atoms with E-state index in [2.05, 4.69) is 30.3 Å². The summed E-state index contributed by atoms with van der Waals surface area (Å²) >= 11 is 0. The van der Waals surface area contributed by atoms with Gasteiger partial charge in [0.05, 0.1) is 25.1 Å². The molecule has 1 aliphatic rings. The first kappa shape index (κ1) is 15.3. The predicted molar refractivity (Wildman–Crippen MR) is 82.4 cm³/mol. The summed E-state index contributed by atoms with van der Waals surface area (Å²) in [5, 5.41) is 16.1. The molecule has 1 fully saturated rings. The molecule has 0 unspecified atom stereocenters. The Morgan fingerprint density at radius 1 is 1.61 bits per heavy atom. The van der Waals surface area contributed by atoms with Crippen LogP contribution >= 0.6 is 0 Å². The lowest BCUT2D eigenvalue weighted by molar-refractivity contribution is -0.0232. The van der Waals surface area contributed by atoms with Gasteiger partial charge >= 0.3 is 0 Å². The maximum absolute atomic E-state index is 9.36. The number of nitrogen functional groups attached to an aromatic ring is 1. The Hall–Kier alpha value is -2.62. The Balaban J connectivity index is 1.99. The third-order valence-electron chi connectivity index (χ3n) is 3.68. The number of aliphatic hydroxyl groups excluding tert-OH is 1. The van der Waals surface area contributed by atoms with Crippen molar-refractivity contribution in [1.29, 1.82) is 0 Å². The molecule has 2 aromatic heterocycles. The Morgan fingerprint density at radius 2 is 2.43 bits per heavy atom. The summed E-state index contributed by atoms with van der Waals surface area (Å²) in [6.45, 7) is 2.38. The fraction of sp³-hybridized carbons (Fsp3) is 0.583. The number of azide groups is 1. The molecule has 0 radical (unpaired) electrons. The van der Waals surface area contributed by atoms with Crippen molar-refractivity contribution >= 4 is 22.9 Å². The van der Waals surface area contributed by atoms with Gasteiger partial charge in [0.1, 0.15) is 6.23 Å². The zero-order valence-corrected chi connectivity index (χ0v) is 12.5. The zero-order valence-electron chi connectivity index (χ0n) is 12.5. The van der Waals surface area contributed by atoms with E-state index >= 15 is 0 Å². The average Bonchev–Trinajstić information content (AvgIpc) is 3.11. The van der Waals surface area contributed by atoms with Crippen molar-refractivity contribution in [1.82, 2.24) is 19.5 Å². The van der Waals surface area contributed by atoms with Gasteiger partial charge in [-0.3, -0.25) is 4.57 Å². The van der Waals surface area contributed by atoms with E-state index in [1.54, 1.807) is 10.9 Å². The number of nitrogens with zero attached hydrogens (tertiary/aromatic N) is 7. The maximum atomic E-state index is 9.36. The van der Waals surface area contributed by atoms with Crippen LogP contribution in [0.1, 0.15) is 19.6 Å². The van der Waals surface area contributed by atoms with Crippen LogP contribution in [0.25, 0.3) is 21.6 Å². The van der Waals surface area contributed by atoms with Crippen LogP contribution in [0.4, 0.5) is 11.8 Å². The summed E-state index contributed by atoms with van der Waals surface area (Å²) in [5.74, 6) is 0.676. The molecule has 3 atom stereocenters. The lowest BCUT2D eigenvalue weighted by atomic mass is 10.1. The number of anilines is 2. The summed E-state index contributed by atoms with van der Waals surface area (Å²) in [4.78, 5) is 15.5. The Kier molecular flexibility index (Phi) is 4.15. The number of nitrogens with one attached hydrogen (secondary N) is 1. The Bertz CT molecular complexity index is 754. The first-order valence-electron chi connectivity index (χ1n) is 7.22. The van der Waals surface area contributed by atoms with E-state index in [9.17, 15) is 5.11 Å². The largest absolute Gasteiger partial charge is 0.394 e. The highest BCUT2D eigenvalue weighted by Crippen LogP contribution is 2.33. The molecule has 3 heterocycles. The molecule has 0 saturated carbocycles. The third-order valence-corrected chi connectivity index (χ3v) is 3.68. The van der Waals surface area contributed by atoms with Crippen molar-refractivity contribution in [2.75, 3.05) is 24.2 Å². The van der Waals surface area contributed by atoms with Crippen molar-refractivity contribution in [2.24, 2.45) is 5.11 Å². The second kappa shape index (κ2) is 6.24. The van der Waals surface area contributed by atoms with Crippen molar-refractivity contribution < 1.29 is 9.84 Å². The molecule has 0 aliphatic carbocycles. The van der Waals surface area contributed by atoms with Gasteiger partial charge in [0, 0.05) is 17.9 Å². The van der Waals surface area contributed by atoms with Crippen LogP contribution in [0.2, 0.25) is 0 Å². The smallest absolute Gasteiger partial charge is 0.224 e. The first-order chi connectivity index (χ1) is 11.2. The van der Waals surface area contributed by atoms with Gasteiger partial charge < -0.3 is 20.9 Å². The van der Waals surface area contributed by atoms with Gasteiger partial charge in [-0.2, -0.15) is 9.97 Å². The number of aliphatic hydroxyl groups is 1. The summed E-state index contributed by atoms with van der Waals surface area (Å²) in [7, 11) is 0. The van der Waals surface area contributed by atoms with Crippen LogP contribution in [0.15, 0.2) is 11.4 Å². The number of aromatic nitrogens is 4. The monoisotopic (exact) mass is 319 g/mol. The highest BCUT2D eigenvalue weighted by molar-refractivity contribution is 5.84. The minimum atomic E-state index is -0.555. The Labute approximate surface area is 131 Å². The summed E-state index contributed by atoms with van der Waals surface area (Å²) < 4.78 is 7.47. The molecule has 122 valence electrons. The molecule has 11 nitrogen and oxygen atoms in total. The molecule has 4 N–H and O–H groups in total. The van der Waals surface area contributed by atoms with Gasteiger partial charge in [0.15, 0.2) is 17.0 Å². The van der Waals surface area contributed by atoms with E-state index in [0.29, 0.717) is 29.9 Å². The molecular formula is C12H17N9O2. The van der Waals surface area contributed by atoms with Gasteiger partial charge in [0.2, 0.25) is 5.95 Å². The van der Waals surface area contributed by atoms with Crippen LogP contribution in [-0.2, 0) is 4.74 Å². The van der Waals surface area contributed by atoms with Crippen molar-refractivity contribution in [2.45, 2.75) is 31.7 Å². The van der Waals surface area contributed by atoms with Crippen LogP contribution in [0.5, 0.6) is 0 Å². The number of hydrogen-bond donors (Lipinski definition) is 3. The summed E-state index contributed by atoms with van der Waals surface area (Å²) in [6, 6.07) is -0.445. The highest BCUT2D eigenvalue weighted by Gasteiger charge is 2.36. The molecular weight excluding hydrogens is 302 g/mol. The van der Waals surface area contributed by atoms with Crippen molar-refractivity contribution in [3.05, 3.63) is 16.8 Å². The lowest BCUT2D eigenvalue weighted by Gasteiger charge is -2.14. The second-order valence-electron chi connectivity index (χ2n) is 5.10.